The first kappa shape index (κ1) is 14.6. The van der Waals surface area contributed by atoms with E-state index in [2.05, 4.69) is 5.14 Å². The molecule has 0 aromatic heterocycles. The van der Waals surface area contributed by atoms with Crippen LogP contribution in [-0.2, 0) is 19.3 Å². The van der Waals surface area contributed by atoms with E-state index in [-0.39, 0.29) is 0 Å². The van der Waals surface area contributed by atoms with Crippen LogP contribution >= 0.6 is 10.7 Å². The van der Waals surface area contributed by atoms with Gasteiger partial charge in [-0.15, -0.1) is 0 Å². The van der Waals surface area contributed by atoms with Crippen LogP contribution in [0.4, 0.5) is 11.4 Å². The van der Waals surface area contributed by atoms with Crippen molar-refractivity contribution in [1.29, 1.82) is 0 Å². The number of halogens is 1. The van der Waals surface area contributed by atoms with Crippen LogP contribution in [0.1, 0.15) is 0 Å². The van der Waals surface area contributed by atoms with Gasteiger partial charge in [0.15, 0.2) is 0 Å². The molecule has 0 fully saturated rings. The summed E-state index contributed by atoms with van der Waals surface area (Å²) < 4.78 is 45.2. The van der Waals surface area contributed by atoms with E-state index in [1.54, 1.807) is 4.72 Å². The lowest BCUT2D eigenvalue weighted by Crippen LogP contribution is -2.22. The number of hydrogen-bond donors (Lipinski definition) is 2. The fourth-order valence-corrected chi connectivity index (χ4v) is 2.30. The van der Waals surface area contributed by atoms with Gasteiger partial charge in [-0.05, 0) is 12.1 Å². The van der Waals surface area contributed by atoms with Crippen LogP contribution in [0, 0.1) is 10.1 Å². The van der Waals surface area contributed by atoms with E-state index in [1.807, 2.05) is 0 Å². The second-order valence-corrected chi connectivity index (χ2v) is 6.88. The number of nitrogens with one attached hydrogen (secondary N) is 1. The third kappa shape index (κ3) is 3.80. The minimum Gasteiger partial charge on any atom is -0.264 e. The van der Waals surface area contributed by atoms with Crippen LogP contribution in [-0.4, -0.2) is 21.8 Å². The van der Waals surface area contributed by atoms with E-state index in [0.717, 1.165) is 12.1 Å². The van der Waals surface area contributed by atoms with Crippen molar-refractivity contribution in [1.82, 2.24) is 0 Å². The number of nitrogens with two attached hydrogens (primary N) is 1. The molecule has 0 radical (unpaired) electrons. The highest BCUT2D eigenvalue weighted by atomic mass is 35.7. The molecule has 0 aliphatic rings. The molecule has 12 heteroatoms. The molecule has 0 heterocycles. The number of anilines is 1. The Hall–Kier alpha value is -1.43. The van der Waals surface area contributed by atoms with E-state index in [1.165, 1.54) is 0 Å². The number of nitro groups is 1. The van der Waals surface area contributed by atoms with Gasteiger partial charge in [0.25, 0.3) is 24.9 Å². The van der Waals surface area contributed by atoms with E-state index in [4.69, 9.17) is 10.7 Å². The topological polar surface area (TPSA) is 149 Å². The van der Waals surface area contributed by atoms with E-state index in [0.29, 0.717) is 6.07 Å². The van der Waals surface area contributed by atoms with Crippen LogP contribution in [0.5, 0.6) is 0 Å². The van der Waals surface area contributed by atoms with Gasteiger partial charge in [-0.25, -0.2) is 13.6 Å². The van der Waals surface area contributed by atoms with Gasteiger partial charge in [-0.2, -0.15) is 8.42 Å². The summed E-state index contributed by atoms with van der Waals surface area (Å²) in [6.07, 6.45) is 0. The van der Waals surface area contributed by atoms with E-state index in [9.17, 15) is 26.9 Å². The predicted octanol–water partition coefficient (Wildman–Crippen LogP) is 0.138. The largest absolute Gasteiger partial charge is 0.296 e. The molecule has 9 nitrogen and oxygen atoms in total. The lowest BCUT2D eigenvalue weighted by atomic mass is 10.3. The van der Waals surface area contributed by atoms with Gasteiger partial charge in [0, 0.05) is 16.7 Å². The number of nitrogens with zero attached hydrogens (tertiary/aromatic N) is 1. The standard InChI is InChI=1S/C6H6ClN3O6S2/c7-17(13,14)4-1-2-5(9-18(8,15)16)6(3-4)10(11)12/h1-3,9H,(H2,8,15,16). The summed E-state index contributed by atoms with van der Waals surface area (Å²) in [6, 6.07) is 2.40. The third-order valence-corrected chi connectivity index (χ3v) is 3.56. The summed E-state index contributed by atoms with van der Waals surface area (Å²) in [5.41, 5.74) is -1.25. The molecule has 3 N–H and O–H groups in total. The number of nitro benzene ring substituents is 1. The van der Waals surface area contributed by atoms with Crippen LogP contribution in [0.25, 0.3) is 0 Å². The van der Waals surface area contributed by atoms with Crippen molar-refractivity contribution in [3.05, 3.63) is 28.3 Å². The Morgan fingerprint density at radius 3 is 2.22 bits per heavy atom. The SMILES string of the molecule is NS(=O)(=O)Nc1ccc(S(=O)(=O)Cl)cc1[N+](=O)[O-]. The van der Waals surface area contributed by atoms with E-state index < -0.39 is 40.5 Å². The zero-order chi connectivity index (χ0) is 14.1. The summed E-state index contributed by atoms with van der Waals surface area (Å²) in [5.74, 6) is 0. The molecule has 0 unspecified atom stereocenters. The Bertz CT molecular complexity index is 698. The molecule has 0 aliphatic heterocycles. The second-order valence-electron chi connectivity index (χ2n) is 3.02. The maximum absolute atomic E-state index is 11.0. The van der Waals surface area contributed by atoms with Crippen LogP contribution in [0.3, 0.4) is 0 Å². The Labute approximate surface area is 106 Å². The second kappa shape index (κ2) is 4.68. The first-order valence-corrected chi connectivity index (χ1v) is 7.90. The molecule has 18 heavy (non-hydrogen) atoms. The lowest BCUT2D eigenvalue weighted by Gasteiger charge is -2.05. The minimum atomic E-state index is -4.22. The van der Waals surface area contributed by atoms with Gasteiger partial charge in [0.1, 0.15) is 5.69 Å². The first-order chi connectivity index (χ1) is 8.00. The predicted molar refractivity (Wildman–Crippen MR) is 62.9 cm³/mol. The van der Waals surface area contributed by atoms with Crippen molar-refractivity contribution in [2.24, 2.45) is 5.14 Å². The molecule has 0 aliphatic carbocycles. The van der Waals surface area contributed by atoms with Gasteiger partial charge in [-0.1, -0.05) is 0 Å². The van der Waals surface area contributed by atoms with Crippen molar-refractivity contribution in [3.63, 3.8) is 0 Å². The maximum Gasteiger partial charge on any atom is 0.296 e. The Morgan fingerprint density at radius 1 is 1.28 bits per heavy atom. The Balaban J connectivity index is 3.44. The molecule has 0 saturated heterocycles. The normalized spacial score (nSPS) is 12.1. The summed E-state index contributed by atoms with van der Waals surface area (Å²) >= 11 is 0. The first-order valence-electron chi connectivity index (χ1n) is 4.04. The van der Waals surface area contributed by atoms with Crippen LogP contribution in [0.15, 0.2) is 23.1 Å². The molecular formula is C6H6ClN3O6S2. The zero-order valence-corrected chi connectivity index (χ0v) is 10.8. The molecule has 1 rings (SSSR count). The molecule has 0 saturated carbocycles. The van der Waals surface area contributed by atoms with Gasteiger partial charge in [-0.3, -0.25) is 14.8 Å². The summed E-state index contributed by atoms with van der Waals surface area (Å²) in [7, 11) is -3.37. The monoisotopic (exact) mass is 315 g/mol. The number of rotatable bonds is 4. The summed E-state index contributed by atoms with van der Waals surface area (Å²) in [4.78, 5) is 9.17. The molecule has 0 spiro atoms. The van der Waals surface area contributed by atoms with Crippen molar-refractivity contribution < 1.29 is 21.8 Å². The fraction of sp³-hybridized carbons (Fsp3) is 0. The molecule has 0 amide bonds. The van der Waals surface area contributed by atoms with Crippen molar-refractivity contribution >= 4 is 41.3 Å². The highest BCUT2D eigenvalue weighted by molar-refractivity contribution is 8.13. The smallest absolute Gasteiger partial charge is 0.264 e. The fourth-order valence-electron chi connectivity index (χ4n) is 1.05. The average Bonchev–Trinajstić information content (AvgIpc) is 2.13. The van der Waals surface area contributed by atoms with Gasteiger partial charge >= 0.3 is 0 Å². The lowest BCUT2D eigenvalue weighted by molar-refractivity contribution is -0.384. The highest BCUT2D eigenvalue weighted by Crippen LogP contribution is 2.29. The average molecular weight is 316 g/mol. The number of benzene rings is 1. The van der Waals surface area contributed by atoms with Gasteiger partial charge < -0.3 is 0 Å². The van der Waals surface area contributed by atoms with E-state index >= 15 is 0 Å². The quantitative estimate of drug-likeness (QED) is 0.458. The number of hydrogen-bond acceptors (Lipinski definition) is 6. The molecule has 0 bridgehead atoms. The third-order valence-electron chi connectivity index (χ3n) is 1.70. The summed E-state index contributed by atoms with van der Waals surface area (Å²) in [5, 5.41) is 15.3. The van der Waals surface area contributed by atoms with Gasteiger partial charge in [0.05, 0.1) is 9.82 Å². The molecule has 1 aromatic rings. The highest BCUT2D eigenvalue weighted by Gasteiger charge is 2.21. The Morgan fingerprint density at radius 2 is 1.83 bits per heavy atom. The molecule has 100 valence electrons. The zero-order valence-electron chi connectivity index (χ0n) is 8.40. The molecule has 1 aromatic carbocycles. The van der Waals surface area contributed by atoms with Crippen molar-refractivity contribution in [3.8, 4) is 0 Å². The minimum absolute atomic E-state index is 0.466. The van der Waals surface area contributed by atoms with Crippen LogP contribution < -0.4 is 9.86 Å². The molecular weight excluding hydrogens is 310 g/mol. The Kier molecular flexibility index (Phi) is 3.81. The maximum atomic E-state index is 11.0. The van der Waals surface area contributed by atoms with Crippen LogP contribution in [0.2, 0.25) is 0 Å². The van der Waals surface area contributed by atoms with Crippen molar-refractivity contribution in [2.75, 3.05) is 4.72 Å². The van der Waals surface area contributed by atoms with Crippen molar-refractivity contribution in [2.45, 2.75) is 4.90 Å². The molecule has 0 atom stereocenters. The van der Waals surface area contributed by atoms with Gasteiger partial charge in [0.2, 0.25) is 0 Å². The summed E-state index contributed by atoms with van der Waals surface area (Å²) in [6.45, 7) is 0.